The number of benzene rings is 2. The summed E-state index contributed by atoms with van der Waals surface area (Å²) in [4.78, 5) is 2.05. The summed E-state index contributed by atoms with van der Waals surface area (Å²) in [5.41, 5.74) is 2.39. The lowest BCUT2D eigenvalue weighted by atomic mass is 10.2. The molecule has 1 heterocycles. The van der Waals surface area contributed by atoms with Crippen molar-refractivity contribution in [3.05, 3.63) is 59.7 Å². The van der Waals surface area contributed by atoms with Crippen LogP contribution in [0.1, 0.15) is 11.1 Å². The Labute approximate surface area is 114 Å². The van der Waals surface area contributed by atoms with Gasteiger partial charge in [-0.3, -0.25) is 0 Å². The lowest BCUT2D eigenvalue weighted by Crippen LogP contribution is -2.19. The van der Waals surface area contributed by atoms with Crippen molar-refractivity contribution in [2.24, 2.45) is 0 Å². The molecule has 0 amide bonds. The fourth-order valence-corrected chi connectivity index (χ4v) is 4.72. The van der Waals surface area contributed by atoms with Crippen LogP contribution in [0, 0.1) is 6.92 Å². The zero-order valence-corrected chi connectivity index (χ0v) is 11.6. The highest BCUT2D eigenvalue weighted by molar-refractivity contribution is 8.11. The number of hydrogen-bond acceptors (Lipinski definition) is 3. The largest absolute Gasteiger partial charge is 0.592 e. The normalized spacial score (nSPS) is 18.9. The summed E-state index contributed by atoms with van der Waals surface area (Å²) >= 11 is 0.538. The molecule has 1 aliphatic heterocycles. The Kier molecular flexibility index (Phi) is 3.35. The number of rotatable bonds is 2. The van der Waals surface area contributed by atoms with Gasteiger partial charge in [-0.05, 0) is 30.2 Å². The van der Waals surface area contributed by atoms with Crippen LogP contribution in [-0.4, -0.2) is 8.26 Å². The van der Waals surface area contributed by atoms with Gasteiger partial charge in [0, 0.05) is 11.9 Å². The van der Waals surface area contributed by atoms with E-state index < -0.39 is 11.4 Å². The average molecular weight is 275 g/mol. The summed E-state index contributed by atoms with van der Waals surface area (Å²) in [5.74, 6) is 0. The van der Waals surface area contributed by atoms with Crippen molar-refractivity contribution in [2.75, 3.05) is 0 Å². The van der Waals surface area contributed by atoms with E-state index in [1.165, 1.54) is 11.1 Å². The van der Waals surface area contributed by atoms with Crippen LogP contribution in [-0.2, 0) is 17.9 Å². The Bertz CT molecular complexity index is 559. The molecule has 4 heteroatoms. The van der Waals surface area contributed by atoms with Crippen LogP contribution >= 0.6 is 11.9 Å². The predicted octanol–water partition coefficient (Wildman–Crippen LogP) is 3.54. The fourth-order valence-electron chi connectivity index (χ4n) is 1.91. The van der Waals surface area contributed by atoms with E-state index in [4.69, 9.17) is 0 Å². The van der Waals surface area contributed by atoms with E-state index in [1.807, 2.05) is 34.0 Å². The summed E-state index contributed by atoms with van der Waals surface area (Å²) < 4.78 is 14.3. The number of nitrogens with zero attached hydrogens (tertiary/aromatic N) is 1. The van der Waals surface area contributed by atoms with Crippen LogP contribution in [0.4, 0.5) is 0 Å². The first kappa shape index (κ1) is 12.1. The van der Waals surface area contributed by atoms with E-state index in [1.54, 1.807) is 11.9 Å². The van der Waals surface area contributed by atoms with Gasteiger partial charge in [-0.1, -0.05) is 40.1 Å². The predicted molar refractivity (Wildman–Crippen MR) is 75.4 cm³/mol. The summed E-state index contributed by atoms with van der Waals surface area (Å²) in [5, 5.41) is 0. The number of fused-ring (bicyclic) bond motifs is 1. The topological polar surface area (TPSA) is 26.3 Å². The van der Waals surface area contributed by atoms with E-state index >= 15 is 0 Å². The van der Waals surface area contributed by atoms with E-state index in [0.29, 0.717) is 6.54 Å². The molecule has 1 unspecified atom stereocenters. The first-order valence-electron chi connectivity index (χ1n) is 5.76. The molecule has 1 aliphatic rings. The third kappa shape index (κ3) is 2.29. The summed E-state index contributed by atoms with van der Waals surface area (Å²) in [6.45, 7) is 2.76. The quantitative estimate of drug-likeness (QED) is 0.619. The van der Waals surface area contributed by atoms with Crippen molar-refractivity contribution in [3.63, 3.8) is 0 Å². The van der Waals surface area contributed by atoms with Gasteiger partial charge in [-0.25, -0.2) is 0 Å². The fraction of sp³-hybridized carbons (Fsp3) is 0.143. The maximum atomic E-state index is 12.3. The second kappa shape index (κ2) is 4.97. The summed E-state index contributed by atoms with van der Waals surface area (Å²) in [7, 11) is 0. The third-order valence-corrected chi connectivity index (χ3v) is 5.68. The Balaban J connectivity index is 1.82. The summed E-state index contributed by atoms with van der Waals surface area (Å²) in [6, 6.07) is 16.2. The minimum absolute atomic E-state index is 0.700. The SMILES string of the molecule is Cc1ccc2c(c1)SN(Cc1ccccc1)[S+]2[O-]. The molecule has 0 N–H and O–H groups in total. The monoisotopic (exact) mass is 275 g/mol. The molecule has 2 aromatic rings. The maximum absolute atomic E-state index is 12.3. The molecule has 0 fully saturated rings. The van der Waals surface area contributed by atoms with Crippen molar-refractivity contribution in [3.8, 4) is 0 Å². The van der Waals surface area contributed by atoms with Crippen molar-refractivity contribution in [1.29, 1.82) is 0 Å². The number of aryl methyl sites for hydroxylation is 1. The minimum Gasteiger partial charge on any atom is -0.592 e. The highest BCUT2D eigenvalue weighted by atomic mass is 32.3. The Hall–Kier alpha value is -0.940. The molecule has 0 bridgehead atoms. The van der Waals surface area contributed by atoms with Gasteiger partial charge in [0.05, 0.1) is 22.8 Å². The molecule has 1 atom stereocenters. The van der Waals surface area contributed by atoms with Crippen molar-refractivity contribution < 1.29 is 4.55 Å². The molecule has 0 spiro atoms. The van der Waals surface area contributed by atoms with Crippen LogP contribution in [0.25, 0.3) is 0 Å². The first-order chi connectivity index (χ1) is 8.74. The lowest BCUT2D eigenvalue weighted by Gasteiger charge is -2.14. The second-order valence-corrected chi connectivity index (χ2v) is 6.94. The number of hydrogen-bond donors (Lipinski definition) is 0. The molecule has 2 aromatic carbocycles. The smallest absolute Gasteiger partial charge is 0.190 e. The molecule has 18 heavy (non-hydrogen) atoms. The first-order valence-corrected chi connectivity index (χ1v) is 7.64. The minimum atomic E-state index is -1.05. The van der Waals surface area contributed by atoms with Crippen LogP contribution in [0.15, 0.2) is 58.3 Å². The highest BCUT2D eigenvalue weighted by Crippen LogP contribution is 2.42. The van der Waals surface area contributed by atoms with Crippen LogP contribution < -0.4 is 0 Å². The van der Waals surface area contributed by atoms with E-state index in [2.05, 4.69) is 25.1 Å². The summed E-state index contributed by atoms with van der Waals surface area (Å²) in [6.07, 6.45) is 0. The van der Waals surface area contributed by atoms with Gasteiger partial charge < -0.3 is 4.55 Å². The maximum Gasteiger partial charge on any atom is 0.190 e. The molecule has 0 radical (unpaired) electrons. The molecular weight excluding hydrogens is 262 g/mol. The van der Waals surface area contributed by atoms with Crippen molar-refractivity contribution in [2.45, 2.75) is 23.3 Å². The van der Waals surface area contributed by atoms with Gasteiger partial charge in [0.2, 0.25) is 0 Å². The van der Waals surface area contributed by atoms with Crippen LogP contribution in [0.2, 0.25) is 0 Å². The van der Waals surface area contributed by atoms with E-state index in [9.17, 15) is 4.55 Å². The molecule has 0 saturated heterocycles. The van der Waals surface area contributed by atoms with Gasteiger partial charge >= 0.3 is 0 Å². The van der Waals surface area contributed by atoms with E-state index in [-0.39, 0.29) is 0 Å². The Morgan fingerprint density at radius 1 is 1.17 bits per heavy atom. The van der Waals surface area contributed by atoms with Crippen molar-refractivity contribution >= 4 is 23.3 Å². The average Bonchev–Trinajstić information content (AvgIpc) is 2.67. The van der Waals surface area contributed by atoms with Gasteiger partial charge in [-0.15, -0.1) is 0 Å². The van der Waals surface area contributed by atoms with Gasteiger partial charge in [0.15, 0.2) is 4.90 Å². The molecule has 0 saturated carbocycles. The Morgan fingerprint density at radius 3 is 2.72 bits per heavy atom. The van der Waals surface area contributed by atoms with Gasteiger partial charge in [0.1, 0.15) is 0 Å². The van der Waals surface area contributed by atoms with E-state index in [0.717, 1.165) is 9.79 Å². The van der Waals surface area contributed by atoms with Crippen molar-refractivity contribution in [1.82, 2.24) is 3.71 Å². The lowest BCUT2D eigenvalue weighted by molar-refractivity contribution is 0.544. The third-order valence-electron chi connectivity index (χ3n) is 2.83. The molecule has 2 nitrogen and oxygen atoms in total. The highest BCUT2D eigenvalue weighted by Gasteiger charge is 2.35. The van der Waals surface area contributed by atoms with Crippen LogP contribution in [0.3, 0.4) is 0 Å². The molecule has 0 aromatic heterocycles. The molecular formula is C14H13NOS2. The zero-order chi connectivity index (χ0) is 12.5. The molecule has 92 valence electrons. The standard InChI is InChI=1S/C14H13NOS2/c1-11-7-8-14-13(9-11)17-15(18(14)16)10-12-5-3-2-4-6-12/h2-9H,10H2,1H3. The molecule has 0 aliphatic carbocycles. The van der Waals surface area contributed by atoms with Gasteiger partial charge in [-0.2, -0.15) is 0 Å². The van der Waals surface area contributed by atoms with Gasteiger partial charge in [0.25, 0.3) is 0 Å². The Morgan fingerprint density at radius 2 is 1.94 bits per heavy atom. The zero-order valence-electron chi connectivity index (χ0n) is 10.00. The van der Waals surface area contributed by atoms with Crippen LogP contribution in [0.5, 0.6) is 0 Å². The molecule has 3 rings (SSSR count). The second-order valence-electron chi connectivity index (χ2n) is 4.27.